The van der Waals surface area contributed by atoms with Gasteiger partial charge in [0, 0.05) is 19.0 Å². The number of amides is 2. The van der Waals surface area contributed by atoms with E-state index in [9.17, 15) is 14.4 Å². The van der Waals surface area contributed by atoms with Crippen LogP contribution < -0.4 is 10.6 Å². The highest BCUT2D eigenvalue weighted by Crippen LogP contribution is 2.44. The van der Waals surface area contributed by atoms with Crippen LogP contribution in [0.1, 0.15) is 28.3 Å². The van der Waals surface area contributed by atoms with E-state index in [2.05, 4.69) is 27.8 Å². The second kappa shape index (κ2) is 13.1. The van der Waals surface area contributed by atoms with Gasteiger partial charge < -0.3 is 20.5 Å². The van der Waals surface area contributed by atoms with Crippen molar-refractivity contribution in [3.8, 4) is 11.1 Å². The van der Waals surface area contributed by atoms with Crippen LogP contribution in [0.5, 0.6) is 0 Å². The number of hydrogen-bond acceptors (Lipinski definition) is 6. The number of anilines is 1. The number of carboxylic acids is 1. The number of nitrogens with one attached hydrogen (secondary N) is 2. The molecule has 1 unspecified atom stereocenters. The molecule has 0 aliphatic heterocycles. The zero-order chi connectivity index (χ0) is 29.5. The molecule has 2 amide bonds. The Balaban J connectivity index is 1.26. The van der Waals surface area contributed by atoms with Gasteiger partial charge in [0.15, 0.2) is 0 Å². The molecule has 0 saturated carbocycles. The highest BCUT2D eigenvalue weighted by Gasteiger charge is 2.30. The third-order valence-electron chi connectivity index (χ3n) is 7.17. The fraction of sp³-hybridized carbons (Fsp3) is 0.212. The Hall–Kier alpha value is -5.02. The van der Waals surface area contributed by atoms with Gasteiger partial charge in [-0.1, -0.05) is 78.9 Å². The number of benzene rings is 3. The van der Waals surface area contributed by atoms with Gasteiger partial charge in [-0.2, -0.15) is 0 Å². The molecule has 0 fully saturated rings. The van der Waals surface area contributed by atoms with Gasteiger partial charge in [-0.05, 0) is 47.0 Å². The van der Waals surface area contributed by atoms with Crippen molar-refractivity contribution in [2.45, 2.75) is 24.9 Å². The summed E-state index contributed by atoms with van der Waals surface area (Å²) in [6.07, 6.45) is 0.485. The Morgan fingerprint density at radius 2 is 1.55 bits per heavy atom. The molecule has 9 nitrogen and oxygen atoms in total. The first-order chi connectivity index (χ1) is 20.4. The lowest BCUT2D eigenvalue weighted by molar-refractivity contribution is -0.136. The summed E-state index contributed by atoms with van der Waals surface area (Å²) < 4.78 is 5.71. The van der Waals surface area contributed by atoms with E-state index >= 15 is 0 Å². The SMILES string of the molecule is CN(Cc1ccccc1)CC(NC(=O)OCC1c2ccccc2-c2ccccc21)C(=O)Nc1ccc(CC(=O)O)nc1. The number of likely N-dealkylation sites (N-methyl/N-ethyl adjacent to an activating group) is 1. The molecule has 0 saturated heterocycles. The largest absolute Gasteiger partial charge is 0.481 e. The van der Waals surface area contributed by atoms with Crippen LogP contribution in [-0.2, 0) is 27.3 Å². The Morgan fingerprint density at radius 3 is 2.17 bits per heavy atom. The molecule has 5 rings (SSSR count). The summed E-state index contributed by atoms with van der Waals surface area (Å²) in [5.74, 6) is -1.55. The first-order valence-electron chi connectivity index (χ1n) is 13.7. The number of alkyl carbamates (subject to hydrolysis) is 1. The van der Waals surface area contributed by atoms with Gasteiger partial charge >= 0.3 is 12.1 Å². The number of ether oxygens (including phenoxy) is 1. The lowest BCUT2D eigenvalue weighted by Gasteiger charge is -2.25. The Kier molecular flexibility index (Phi) is 8.89. The number of carboxylic acid groups (broad SMARTS) is 1. The molecule has 214 valence electrons. The van der Waals surface area contributed by atoms with Crippen molar-refractivity contribution in [2.75, 3.05) is 25.5 Å². The van der Waals surface area contributed by atoms with Gasteiger partial charge in [-0.15, -0.1) is 0 Å². The number of carbonyl (C=O) groups is 3. The van der Waals surface area contributed by atoms with Gasteiger partial charge in [0.25, 0.3) is 0 Å². The Bertz CT molecular complexity index is 1510. The molecule has 4 aromatic rings. The summed E-state index contributed by atoms with van der Waals surface area (Å²) >= 11 is 0. The normalized spacial score (nSPS) is 12.7. The van der Waals surface area contributed by atoms with Crippen molar-refractivity contribution in [3.05, 3.63) is 120 Å². The van der Waals surface area contributed by atoms with Crippen molar-refractivity contribution in [2.24, 2.45) is 0 Å². The van der Waals surface area contributed by atoms with E-state index in [0.29, 0.717) is 17.9 Å². The topological polar surface area (TPSA) is 121 Å². The number of pyridine rings is 1. The average molecular weight is 565 g/mol. The minimum Gasteiger partial charge on any atom is -0.481 e. The summed E-state index contributed by atoms with van der Waals surface area (Å²) in [5.41, 5.74) is 6.29. The number of aliphatic carboxylic acids is 1. The van der Waals surface area contributed by atoms with Crippen LogP contribution in [0, 0.1) is 0 Å². The highest BCUT2D eigenvalue weighted by molar-refractivity contribution is 5.96. The summed E-state index contributed by atoms with van der Waals surface area (Å²) in [6.45, 7) is 0.918. The molecule has 0 spiro atoms. The Labute approximate surface area is 244 Å². The molecule has 1 atom stereocenters. The van der Waals surface area contributed by atoms with Crippen LogP contribution in [0.3, 0.4) is 0 Å². The van der Waals surface area contributed by atoms with E-state index < -0.39 is 24.0 Å². The quantitative estimate of drug-likeness (QED) is 0.242. The minimum atomic E-state index is -0.993. The number of nitrogens with zero attached hydrogens (tertiary/aromatic N) is 2. The van der Waals surface area contributed by atoms with E-state index in [0.717, 1.165) is 27.8 Å². The smallest absolute Gasteiger partial charge is 0.407 e. The van der Waals surface area contributed by atoms with E-state index in [1.54, 1.807) is 12.1 Å². The van der Waals surface area contributed by atoms with Crippen molar-refractivity contribution in [1.29, 1.82) is 0 Å². The maximum absolute atomic E-state index is 13.4. The van der Waals surface area contributed by atoms with Crippen LogP contribution >= 0.6 is 0 Å². The van der Waals surface area contributed by atoms with E-state index in [1.165, 1.54) is 6.20 Å². The first kappa shape index (κ1) is 28.5. The zero-order valence-corrected chi connectivity index (χ0v) is 23.2. The maximum Gasteiger partial charge on any atom is 0.407 e. The monoisotopic (exact) mass is 564 g/mol. The average Bonchev–Trinajstić information content (AvgIpc) is 3.30. The molecular formula is C33H32N4O5. The summed E-state index contributed by atoms with van der Waals surface area (Å²) in [6, 6.07) is 28.2. The number of hydrogen-bond donors (Lipinski definition) is 3. The Morgan fingerprint density at radius 1 is 0.905 bits per heavy atom. The van der Waals surface area contributed by atoms with Gasteiger partial charge in [0.1, 0.15) is 12.6 Å². The van der Waals surface area contributed by atoms with Gasteiger partial charge in [-0.25, -0.2) is 4.79 Å². The van der Waals surface area contributed by atoms with E-state index in [4.69, 9.17) is 9.84 Å². The number of fused-ring (bicyclic) bond motifs is 3. The first-order valence-corrected chi connectivity index (χ1v) is 13.7. The maximum atomic E-state index is 13.4. The standard InChI is InChI=1S/C33H32N4O5/c1-37(19-22-9-3-2-4-10-22)20-30(32(40)35-24-16-15-23(34-18-24)17-31(38)39)36-33(41)42-21-29-27-13-7-5-11-25(27)26-12-6-8-14-28(26)29/h2-16,18,29-30H,17,19-21H2,1H3,(H,35,40)(H,36,41)(H,38,39). The third-order valence-corrected chi connectivity index (χ3v) is 7.17. The van der Waals surface area contributed by atoms with Gasteiger partial charge in [0.05, 0.1) is 24.0 Å². The zero-order valence-electron chi connectivity index (χ0n) is 23.2. The van der Waals surface area contributed by atoms with Crippen LogP contribution in [0.25, 0.3) is 11.1 Å². The summed E-state index contributed by atoms with van der Waals surface area (Å²) in [7, 11) is 1.87. The molecule has 1 aliphatic carbocycles. The molecule has 0 bridgehead atoms. The number of aromatic nitrogens is 1. The summed E-state index contributed by atoms with van der Waals surface area (Å²) in [5, 5.41) is 14.5. The van der Waals surface area contributed by atoms with Crippen molar-refractivity contribution < 1.29 is 24.2 Å². The molecule has 3 aromatic carbocycles. The van der Waals surface area contributed by atoms with Crippen LogP contribution in [0.2, 0.25) is 0 Å². The molecule has 1 aromatic heterocycles. The molecule has 0 radical (unpaired) electrons. The van der Waals surface area contributed by atoms with Crippen molar-refractivity contribution in [1.82, 2.24) is 15.2 Å². The third kappa shape index (κ3) is 7.00. The molecule has 9 heteroatoms. The van der Waals surface area contributed by atoms with Crippen molar-refractivity contribution in [3.63, 3.8) is 0 Å². The molecule has 3 N–H and O–H groups in total. The predicted molar refractivity (Wildman–Crippen MR) is 159 cm³/mol. The van der Waals surface area contributed by atoms with Crippen LogP contribution in [0.4, 0.5) is 10.5 Å². The molecular weight excluding hydrogens is 532 g/mol. The fourth-order valence-corrected chi connectivity index (χ4v) is 5.24. The van der Waals surface area contributed by atoms with Gasteiger partial charge in [-0.3, -0.25) is 19.5 Å². The molecule has 1 heterocycles. The highest BCUT2D eigenvalue weighted by atomic mass is 16.5. The van der Waals surface area contributed by atoms with Crippen LogP contribution in [0.15, 0.2) is 97.2 Å². The second-order valence-electron chi connectivity index (χ2n) is 10.3. The molecule has 1 aliphatic rings. The predicted octanol–water partition coefficient (Wildman–Crippen LogP) is 4.69. The lowest BCUT2D eigenvalue weighted by Crippen LogP contribution is -2.50. The summed E-state index contributed by atoms with van der Waals surface area (Å²) in [4.78, 5) is 43.4. The van der Waals surface area contributed by atoms with Crippen molar-refractivity contribution >= 4 is 23.7 Å². The van der Waals surface area contributed by atoms with Gasteiger partial charge in [0.2, 0.25) is 5.91 Å². The van der Waals surface area contributed by atoms with Crippen LogP contribution in [-0.4, -0.2) is 59.2 Å². The van der Waals surface area contributed by atoms with E-state index in [1.807, 2.05) is 78.7 Å². The lowest BCUT2D eigenvalue weighted by atomic mass is 9.98. The molecule has 42 heavy (non-hydrogen) atoms. The van der Waals surface area contributed by atoms with E-state index in [-0.39, 0.29) is 25.5 Å². The number of rotatable bonds is 11. The minimum absolute atomic E-state index is 0.105. The second-order valence-corrected chi connectivity index (χ2v) is 10.3. The number of carbonyl (C=O) groups excluding carboxylic acids is 2. The fourth-order valence-electron chi connectivity index (χ4n) is 5.24.